The number of nitrogens with zero attached hydrogens (tertiary/aromatic N) is 1. The van der Waals surface area contributed by atoms with Crippen molar-refractivity contribution in [1.29, 1.82) is 0 Å². The maximum absolute atomic E-state index is 13.7. The zero-order valence-corrected chi connectivity index (χ0v) is 20.6. The third-order valence-electron chi connectivity index (χ3n) is 5.53. The molecule has 0 radical (unpaired) electrons. The van der Waals surface area contributed by atoms with Crippen LogP contribution in [0.4, 0.5) is 4.39 Å². The number of halogens is 2. The summed E-state index contributed by atoms with van der Waals surface area (Å²) in [4.78, 5) is 28.0. The number of hydrogen-bond acceptors (Lipinski definition) is 6. The minimum Gasteiger partial charge on any atom is -0.505 e. The smallest absolute Gasteiger partial charge is 0.354 e. The van der Waals surface area contributed by atoms with E-state index in [0.29, 0.717) is 26.4 Å². The average Bonchev–Trinajstić information content (AvgIpc) is 2.85. The Morgan fingerprint density at radius 2 is 1.80 bits per heavy atom. The highest BCUT2D eigenvalue weighted by Crippen LogP contribution is 2.38. The summed E-state index contributed by atoms with van der Waals surface area (Å²) in [6.45, 7) is 0.138. The second-order valence-corrected chi connectivity index (χ2v) is 10.1. The van der Waals surface area contributed by atoms with E-state index in [0.717, 1.165) is 16.7 Å². The van der Waals surface area contributed by atoms with Crippen LogP contribution >= 0.6 is 35.1 Å². The van der Waals surface area contributed by atoms with Crippen molar-refractivity contribution >= 4 is 57.0 Å². The molecule has 5 aromatic rings. The van der Waals surface area contributed by atoms with Crippen LogP contribution in [0.3, 0.4) is 0 Å². The fourth-order valence-corrected chi connectivity index (χ4v) is 5.44. The molecule has 0 aliphatic carbocycles. The van der Waals surface area contributed by atoms with Crippen LogP contribution < -0.4 is 11.2 Å². The largest absolute Gasteiger partial charge is 0.505 e. The van der Waals surface area contributed by atoms with Gasteiger partial charge in [0.25, 0.3) is 5.56 Å². The zero-order valence-electron chi connectivity index (χ0n) is 18.2. The Morgan fingerprint density at radius 3 is 2.51 bits per heavy atom. The van der Waals surface area contributed by atoms with Gasteiger partial charge < -0.3 is 14.1 Å². The third kappa shape index (κ3) is 4.45. The van der Waals surface area contributed by atoms with Crippen LogP contribution in [0, 0.1) is 5.82 Å². The van der Waals surface area contributed by atoms with Gasteiger partial charge in [-0.05, 0) is 60.4 Å². The highest BCUT2D eigenvalue weighted by Gasteiger charge is 2.22. The van der Waals surface area contributed by atoms with Gasteiger partial charge in [-0.15, -0.1) is 11.8 Å². The molecule has 0 fully saturated rings. The molecule has 0 saturated heterocycles. The molecule has 5 nitrogen and oxygen atoms in total. The van der Waals surface area contributed by atoms with E-state index in [2.05, 4.69) is 0 Å². The molecule has 0 saturated carbocycles. The Bertz CT molecular complexity index is 1710. The van der Waals surface area contributed by atoms with Crippen molar-refractivity contribution in [3.63, 3.8) is 0 Å². The van der Waals surface area contributed by atoms with E-state index in [-0.39, 0.29) is 28.2 Å². The second kappa shape index (κ2) is 9.45. The average molecular weight is 526 g/mol. The first-order valence-electron chi connectivity index (χ1n) is 10.4. The van der Waals surface area contributed by atoms with Crippen molar-refractivity contribution in [2.45, 2.75) is 21.2 Å². The van der Waals surface area contributed by atoms with Crippen LogP contribution in [0.1, 0.15) is 5.56 Å². The Labute approximate surface area is 212 Å². The summed E-state index contributed by atoms with van der Waals surface area (Å²) in [5.41, 5.74) is -0.0216. The first-order valence-corrected chi connectivity index (χ1v) is 12.9. The highest BCUT2D eigenvalue weighted by molar-refractivity contribution is 7.99. The van der Waals surface area contributed by atoms with Crippen LogP contribution in [-0.2, 0) is 6.54 Å². The van der Waals surface area contributed by atoms with E-state index < -0.39 is 16.9 Å². The summed E-state index contributed by atoms with van der Waals surface area (Å²) < 4.78 is 20.6. The van der Waals surface area contributed by atoms with Gasteiger partial charge in [0.1, 0.15) is 16.1 Å². The molecule has 2 aromatic heterocycles. The van der Waals surface area contributed by atoms with Gasteiger partial charge >= 0.3 is 5.63 Å². The number of thioether (sulfide) groups is 1. The number of aromatic hydroxyl groups is 1. The second-order valence-electron chi connectivity index (χ2n) is 7.73. The number of pyridine rings is 1. The van der Waals surface area contributed by atoms with Gasteiger partial charge in [0, 0.05) is 20.2 Å². The summed E-state index contributed by atoms with van der Waals surface area (Å²) in [7, 11) is 0. The fraction of sp³-hybridized carbons (Fsp3) is 0.0769. The van der Waals surface area contributed by atoms with Crippen LogP contribution in [0.25, 0.3) is 21.9 Å². The molecule has 0 atom stereocenters. The predicted octanol–water partition coefficient (Wildman–Crippen LogP) is 6.53. The summed E-state index contributed by atoms with van der Waals surface area (Å²) in [5.74, 6) is -0.828. The number of hydrogen-bond donors (Lipinski definition) is 1. The van der Waals surface area contributed by atoms with E-state index in [1.165, 1.54) is 28.5 Å². The molecule has 3 aromatic carbocycles. The molecular weight excluding hydrogens is 509 g/mol. The molecule has 176 valence electrons. The number of fused-ring (bicyclic) bond motifs is 3. The Morgan fingerprint density at radius 1 is 1.03 bits per heavy atom. The molecule has 0 aliphatic heterocycles. The molecule has 0 spiro atoms. The van der Waals surface area contributed by atoms with Crippen LogP contribution in [-0.4, -0.2) is 15.9 Å². The molecule has 0 amide bonds. The van der Waals surface area contributed by atoms with E-state index >= 15 is 0 Å². The molecular formula is C26H17ClFNO4S2. The van der Waals surface area contributed by atoms with Crippen molar-refractivity contribution < 1.29 is 13.9 Å². The van der Waals surface area contributed by atoms with E-state index in [1.807, 2.05) is 18.4 Å². The lowest BCUT2D eigenvalue weighted by molar-refractivity contribution is 0.446. The quantitative estimate of drug-likeness (QED) is 0.208. The van der Waals surface area contributed by atoms with Crippen molar-refractivity contribution in [1.82, 2.24) is 4.57 Å². The molecule has 9 heteroatoms. The zero-order chi connectivity index (χ0) is 24.7. The molecule has 5 rings (SSSR count). The third-order valence-corrected chi connectivity index (χ3v) is 7.54. The van der Waals surface area contributed by atoms with Gasteiger partial charge in [-0.2, -0.15) is 0 Å². The van der Waals surface area contributed by atoms with E-state index in [1.54, 1.807) is 42.5 Å². The number of benzene rings is 3. The van der Waals surface area contributed by atoms with Crippen LogP contribution in [0.2, 0.25) is 5.02 Å². The molecule has 1 N–H and O–H groups in total. The van der Waals surface area contributed by atoms with Gasteiger partial charge in [-0.3, -0.25) is 4.79 Å². The lowest BCUT2D eigenvalue weighted by Crippen LogP contribution is -2.23. The SMILES string of the molecule is CSc1ccc2c3oc(=O)c(Sc4cccc(Cl)c4)c(O)c3c(=O)n(Cc3ccc(F)cc3)c2c1. The normalized spacial score (nSPS) is 11.4. The van der Waals surface area contributed by atoms with Gasteiger partial charge in [-0.25, -0.2) is 9.18 Å². The maximum atomic E-state index is 13.7. The Hall–Kier alpha value is -3.20. The predicted molar refractivity (Wildman–Crippen MR) is 139 cm³/mol. The minimum absolute atomic E-state index is 0.0194. The summed E-state index contributed by atoms with van der Waals surface area (Å²) in [6.07, 6.45) is 1.91. The summed E-state index contributed by atoms with van der Waals surface area (Å²) >= 11 is 8.52. The van der Waals surface area contributed by atoms with E-state index in [4.69, 9.17) is 16.0 Å². The summed E-state index contributed by atoms with van der Waals surface area (Å²) in [5, 5.41) is 12.0. The van der Waals surface area contributed by atoms with E-state index in [9.17, 15) is 19.1 Å². The molecule has 2 heterocycles. The fourth-order valence-electron chi connectivity index (χ4n) is 3.86. The van der Waals surface area contributed by atoms with Crippen molar-refractivity contribution in [2.75, 3.05) is 6.26 Å². The maximum Gasteiger partial charge on any atom is 0.354 e. The number of rotatable bonds is 5. The summed E-state index contributed by atoms with van der Waals surface area (Å²) in [6, 6.07) is 18.1. The lowest BCUT2D eigenvalue weighted by Gasteiger charge is -2.15. The van der Waals surface area contributed by atoms with Gasteiger partial charge in [-0.1, -0.05) is 41.6 Å². The first-order chi connectivity index (χ1) is 16.9. The monoisotopic (exact) mass is 525 g/mol. The minimum atomic E-state index is -0.758. The van der Waals surface area contributed by atoms with Crippen molar-refractivity contribution in [3.05, 3.63) is 104 Å². The first kappa shape index (κ1) is 23.5. The highest BCUT2D eigenvalue weighted by atomic mass is 35.5. The Kier molecular flexibility index (Phi) is 6.35. The molecule has 35 heavy (non-hydrogen) atoms. The molecule has 0 unspecified atom stereocenters. The van der Waals surface area contributed by atoms with Crippen LogP contribution in [0.15, 0.2) is 95.4 Å². The van der Waals surface area contributed by atoms with Gasteiger partial charge in [0.2, 0.25) is 0 Å². The molecule has 0 aliphatic rings. The van der Waals surface area contributed by atoms with Crippen LogP contribution in [0.5, 0.6) is 5.75 Å². The number of aromatic nitrogens is 1. The topological polar surface area (TPSA) is 72.4 Å². The van der Waals surface area contributed by atoms with Crippen molar-refractivity contribution in [3.8, 4) is 5.75 Å². The van der Waals surface area contributed by atoms with Gasteiger partial charge in [0.15, 0.2) is 11.3 Å². The van der Waals surface area contributed by atoms with Gasteiger partial charge in [0.05, 0.1) is 12.1 Å². The standard InChI is InChI=1S/C26H17ClFNO4S2/c1-34-17-9-10-19-20(12-17)29(13-14-5-7-16(28)8-6-14)25(31)21-22(30)24(26(32)33-23(19)21)35-18-4-2-3-15(27)11-18/h2-12,30H,13H2,1H3. The lowest BCUT2D eigenvalue weighted by atomic mass is 10.1. The Balaban J connectivity index is 1.79. The molecule has 0 bridgehead atoms. The van der Waals surface area contributed by atoms with Crippen molar-refractivity contribution in [2.24, 2.45) is 0 Å².